The maximum Gasteiger partial charge on any atom is 0.0684 e. The average molecular weight is 277 g/mol. The van der Waals surface area contributed by atoms with Gasteiger partial charge in [-0.05, 0) is 35.2 Å². The van der Waals surface area contributed by atoms with Gasteiger partial charge in [0.1, 0.15) is 0 Å². The number of benzene rings is 2. The minimum Gasteiger partial charge on any atom is -0.392 e. The lowest BCUT2D eigenvalue weighted by atomic mass is 10.0. The molecular weight excluding hydrogens is 264 g/mol. The van der Waals surface area contributed by atoms with Gasteiger partial charge in [-0.25, -0.2) is 0 Å². The topological polar surface area (TPSA) is 20.2 Å². The summed E-state index contributed by atoms with van der Waals surface area (Å²) in [6.45, 7) is 0.104. The van der Waals surface area contributed by atoms with Crippen LogP contribution in [0.1, 0.15) is 16.7 Å². The van der Waals surface area contributed by atoms with Gasteiger partial charge in [0.15, 0.2) is 0 Å². The second kappa shape index (κ2) is 5.28. The van der Waals surface area contributed by atoms with E-state index in [1.165, 1.54) is 11.1 Å². The van der Waals surface area contributed by atoms with Gasteiger partial charge in [-0.2, -0.15) is 0 Å². The van der Waals surface area contributed by atoms with Gasteiger partial charge >= 0.3 is 0 Å². The van der Waals surface area contributed by atoms with E-state index in [0.29, 0.717) is 0 Å². The average Bonchev–Trinajstić information content (AvgIpc) is 2.33. The van der Waals surface area contributed by atoms with Gasteiger partial charge in [0, 0.05) is 4.47 Å². The van der Waals surface area contributed by atoms with Crippen LogP contribution in [0.25, 0.3) is 0 Å². The number of hydrogen-bond donors (Lipinski definition) is 1. The number of hydrogen-bond acceptors (Lipinski definition) is 1. The van der Waals surface area contributed by atoms with E-state index in [1.807, 2.05) is 30.3 Å². The highest BCUT2D eigenvalue weighted by molar-refractivity contribution is 9.10. The molecule has 1 N–H and O–H groups in total. The van der Waals surface area contributed by atoms with E-state index < -0.39 is 0 Å². The number of halogens is 1. The molecule has 82 valence electrons. The predicted octanol–water partition coefficient (Wildman–Crippen LogP) is 3.53. The minimum atomic E-state index is 0.104. The van der Waals surface area contributed by atoms with Crippen molar-refractivity contribution in [1.82, 2.24) is 0 Å². The van der Waals surface area contributed by atoms with Crippen molar-refractivity contribution in [2.24, 2.45) is 0 Å². The molecule has 0 aliphatic carbocycles. The normalized spacial score (nSPS) is 10.4. The summed E-state index contributed by atoms with van der Waals surface area (Å²) in [6, 6.07) is 16.3. The molecule has 0 aliphatic heterocycles. The Morgan fingerprint density at radius 2 is 1.50 bits per heavy atom. The zero-order valence-corrected chi connectivity index (χ0v) is 10.4. The number of aliphatic hydroxyl groups excluding tert-OH is 1. The predicted molar refractivity (Wildman–Crippen MR) is 69.3 cm³/mol. The zero-order chi connectivity index (χ0) is 11.4. The van der Waals surface area contributed by atoms with E-state index in [4.69, 9.17) is 0 Å². The first kappa shape index (κ1) is 11.4. The van der Waals surface area contributed by atoms with Crippen molar-refractivity contribution in [2.75, 3.05) is 0 Å². The zero-order valence-electron chi connectivity index (χ0n) is 8.86. The lowest BCUT2D eigenvalue weighted by Crippen LogP contribution is -1.94. The van der Waals surface area contributed by atoms with E-state index in [9.17, 15) is 5.11 Å². The Labute approximate surface area is 104 Å². The van der Waals surface area contributed by atoms with Crippen LogP contribution in [-0.4, -0.2) is 5.11 Å². The van der Waals surface area contributed by atoms with E-state index in [1.54, 1.807) is 0 Å². The van der Waals surface area contributed by atoms with Gasteiger partial charge in [0.05, 0.1) is 6.61 Å². The molecule has 0 radical (unpaired) electrons. The molecule has 0 spiro atoms. The Morgan fingerprint density at radius 1 is 0.875 bits per heavy atom. The first-order valence-corrected chi connectivity index (χ1v) is 6.01. The Bertz CT molecular complexity index is 462. The van der Waals surface area contributed by atoms with Crippen molar-refractivity contribution in [1.29, 1.82) is 0 Å². The third-order valence-electron chi connectivity index (χ3n) is 2.60. The molecule has 2 rings (SSSR count). The van der Waals surface area contributed by atoms with Gasteiger partial charge < -0.3 is 5.11 Å². The van der Waals surface area contributed by atoms with E-state index in [0.717, 1.165) is 16.5 Å². The number of rotatable bonds is 3. The van der Waals surface area contributed by atoms with E-state index in [-0.39, 0.29) is 6.61 Å². The van der Waals surface area contributed by atoms with Crippen LogP contribution >= 0.6 is 15.9 Å². The monoisotopic (exact) mass is 276 g/mol. The second-order valence-electron chi connectivity index (χ2n) is 3.73. The number of aliphatic hydroxyl groups is 1. The van der Waals surface area contributed by atoms with Crippen molar-refractivity contribution in [2.45, 2.75) is 13.0 Å². The molecule has 0 saturated carbocycles. The molecule has 0 saturated heterocycles. The van der Waals surface area contributed by atoms with Gasteiger partial charge in [0.2, 0.25) is 0 Å². The van der Waals surface area contributed by atoms with Crippen molar-refractivity contribution in [3.63, 3.8) is 0 Å². The van der Waals surface area contributed by atoms with E-state index >= 15 is 0 Å². The second-order valence-corrected chi connectivity index (χ2v) is 4.65. The van der Waals surface area contributed by atoms with Gasteiger partial charge in [-0.1, -0.05) is 52.3 Å². The molecule has 0 fully saturated rings. The summed E-state index contributed by atoms with van der Waals surface area (Å²) in [5.74, 6) is 0. The largest absolute Gasteiger partial charge is 0.392 e. The van der Waals surface area contributed by atoms with Crippen LogP contribution in [-0.2, 0) is 13.0 Å². The molecule has 0 aliphatic rings. The summed E-state index contributed by atoms with van der Waals surface area (Å²) in [5, 5.41) is 9.23. The lowest BCUT2D eigenvalue weighted by molar-refractivity contribution is 0.281. The Balaban J connectivity index is 2.23. The molecule has 0 aromatic heterocycles. The molecule has 2 aromatic carbocycles. The smallest absolute Gasteiger partial charge is 0.0684 e. The van der Waals surface area contributed by atoms with Crippen LogP contribution < -0.4 is 0 Å². The molecule has 16 heavy (non-hydrogen) atoms. The SMILES string of the molecule is OCc1ccccc1Cc1ccc(Br)cc1. The highest BCUT2D eigenvalue weighted by Crippen LogP contribution is 2.16. The fraction of sp³-hybridized carbons (Fsp3) is 0.143. The fourth-order valence-electron chi connectivity index (χ4n) is 1.71. The Morgan fingerprint density at radius 3 is 2.12 bits per heavy atom. The summed E-state index contributed by atoms with van der Waals surface area (Å²) in [5.41, 5.74) is 3.45. The van der Waals surface area contributed by atoms with Crippen LogP contribution in [0.2, 0.25) is 0 Å². The molecule has 2 aromatic rings. The van der Waals surface area contributed by atoms with E-state index in [2.05, 4.69) is 34.1 Å². The van der Waals surface area contributed by atoms with Crippen LogP contribution in [0.3, 0.4) is 0 Å². The molecule has 0 amide bonds. The summed E-state index contributed by atoms with van der Waals surface area (Å²) in [7, 11) is 0. The summed E-state index contributed by atoms with van der Waals surface area (Å²) in [6.07, 6.45) is 0.865. The molecule has 0 atom stereocenters. The summed E-state index contributed by atoms with van der Waals surface area (Å²) in [4.78, 5) is 0. The van der Waals surface area contributed by atoms with Crippen LogP contribution in [0.5, 0.6) is 0 Å². The first-order chi connectivity index (χ1) is 7.79. The fourth-order valence-corrected chi connectivity index (χ4v) is 1.97. The molecule has 0 heterocycles. The Kier molecular flexibility index (Phi) is 3.75. The minimum absolute atomic E-state index is 0.104. The molecule has 2 heteroatoms. The van der Waals surface area contributed by atoms with Crippen molar-refractivity contribution < 1.29 is 5.11 Å². The molecular formula is C14H13BrO. The van der Waals surface area contributed by atoms with Crippen LogP contribution in [0, 0.1) is 0 Å². The first-order valence-electron chi connectivity index (χ1n) is 5.21. The molecule has 0 unspecified atom stereocenters. The van der Waals surface area contributed by atoms with Gasteiger partial charge in [-0.15, -0.1) is 0 Å². The standard InChI is InChI=1S/C14H13BrO/c15-14-7-5-11(6-8-14)9-12-3-1-2-4-13(12)10-16/h1-8,16H,9-10H2. The lowest BCUT2D eigenvalue weighted by Gasteiger charge is -2.07. The molecule has 0 bridgehead atoms. The summed E-state index contributed by atoms with van der Waals surface area (Å²) < 4.78 is 1.09. The highest BCUT2D eigenvalue weighted by Gasteiger charge is 2.01. The molecule has 1 nitrogen and oxygen atoms in total. The van der Waals surface area contributed by atoms with Crippen LogP contribution in [0.4, 0.5) is 0 Å². The van der Waals surface area contributed by atoms with Gasteiger partial charge in [0.25, 0.3) is 0 Å². The third-order valence-corrected chi connectivity index (χ3v) is 3.13. The third kappa shape index (κ3) is 2.71. The quantitative estimate of drug-likeness (QED) is 0.910. The summed E-state index contributed by atoms with van der Waals surface area (Å²) >= 11 is 3.42. The van der Waals surface area contributed by atoms with Crippen molar-refractivity contribution >= 4 is 15.9 Å². The maximum absolute atomic E-state index is 9.23. The van der Waals surface area contributed by atoms with Crippen molar-refractivity contribution in [3.05, 3.63) is 69.7 Å². The van der Waals surface area contributed by atoms with Gasteiger partial charge in [-0.3, -0.25) is 0 Å². The van der Waals surface area contributed by atoms with Crippen molar-refractivity contribution in [3.8, 4) is 0 Å². The Hall–Kier alpha value is -1.12. The maximum atomic E-state index is 9.23. The highest BCUT2D eigenvalue weighted by atomic mass is 79.9. The van der Waals surface area contributed by atoms with Crippen LogP contribution in [0.15, 0.2) is 53.0 Å².